The molecule has 0 aliphatic carbocycles. The van der Waals surface area contributed by atoms with Crippen LogP contribution in [0, 0.1) is 5.92 Å². The van der Waals surface area contributed by atoms with Crippen molar-refractivity contribution in [3.63, 3.8) is 0 Å². The Hall–Kier alpha value is -2.46. The zero-order chi connectivity index (χ0) is 21.6. The van der Waals surface area contributed by atoms with E-state index in [9.17, 15) is 22.8 Å². The Balaban J connectivity index is 1.35. The second-order valence-electron chi connectivity index (χ2n) is 7.60. The largest absolute Gasteiger partial charge is 0.455 e. The smallest absolute Gasteiger partial charge is 0.320 e. The second-order valence-corrected chi connectivity index (χ2v) is 9.90. The first-order valence-electron chi connectivity index (χ1n) is 10.0. The molecule has 10 heteroatoms. The number of hydrogen-bond donors (Lipinski definition) is 1. The Kier molecular flexibility index (Phi) is 7.43. The summed E-state index contributed by atoms with van der Waals surface area (Å²) in [5.74, 6) is -0.973. The number of amides is 2. The normalized spacial score (nSPS) is 19.8. The van der Waals surface area contributed by atoms with Crippen molar-refractivity contribution in [2.24, 2.45) is 5.92 Å². The molecule has 1 N–H and O–H groups in total. The number of anilines is 1. The lowest BCUT2D eigenvalue weighted by molar-refractivity contribution is -0.153. The van der Waals surface area contributed by atoms with Gasteiger partial charge in [0.2, 0.25) is 5.91 Å². The van der Waals surface area contributed by atoms with Crippen LogP contribution in [0.4, 0.5) is 5.69 Å². The summed E-state index contributed by atoms with van der Waals surface area (Å²) in [5, 5.41) is 2.89. The Morgan fingerprint density at radius 3 is 2.27 bits per heavy atom. The van der Waals surface area contributed by atoms with Gasteiger partial charge < -0.3 is 15.0 Å². The van der Waals surface area contributed by atoms with E-state index >= 15 is 0 Å². The Morgan fingerprint density at radius 2 is 1.63 bits per heavy atom. The van der Waals surface area contributed by atoms with Crippen molar-refractivity contribution < 1.29 is 27.5 Å². The standard InChI is InChI=1S/C20H27N3O6S/c24-18(15-29-19(25)14-22-10-12-30(27,28)13-11-22)23-8-6-16(7-9-23)20(26)21-17-4-2-1-3-5-17/h1-5,16H,6-15H2,(H,21,26). The van der Waals surface area contributed by atoms with Gasteiger partial charge in [-0.1, -0.05) is 18.2 Å². The van der Waals surface area contributed by atoms with E-state index in [0.29, 0.717) is 39.0 Å². The molecule has 9 nitrogen and oxygen atoms in total. The van der Waals surface area contributed by atoms with E-state index in [1.54, 1.807) is 9.80 Å². The third-order valence-electron chi connectivity index (χ3n) is 5.41. The van der Waals surface area contributed by atoms with E-state index in [1.807, 2.05) is 30.3 Å². The van der Waals surface area contributed by atoms with E-state index in [2.05, 4.69) is 5.32 Å². The second kappa shape index (κ2) is 10.0. The Labute approximate surface area is 176 Å². The third-order valence-corrected chi connectivity index (χ3v) is 7.02. The van der Waals surface area contributed by atoms with E-state index in [4.69, 9.17) is 4.74 Å². The number of piperidine rings is 1. The number of ether oxygens (including phenoxy) is 1. The number of likely N-dealkylation sites (tertiary alicyclic amines) is 1. The fraction of sp³-hybridized carbons (Fsp3) is 0.550. The molecule has 0 spiro atoms. The molecule has 0 saturated carbocycles. The SMILES string of the molecule is O=C(CN1CCS(=O)(=O)CC1)OCC(=O)N1CCC(C(=O)Nc2ccccc2)CC1. The summed E-state index contributed by atoms with van der Waals surface area (Å²) in [6.07, 6.45) is 1.11. The summed E-state index contributed by atoms with van der Waals surface area (Å²) in [4.78, 5) is 39.9. The number of rotatable bonds is 6. The molecule has 2 heterocycles. The number of carbonyl (C=O) groups is 3. The summed E-state index contributed by atoms with van der Waals surface area (Å²) >= 11 is 0. The van der Waals surface area contributed by atoms with Crippen molar-refractivity contribution in [3.05, 3.63) is 30.3 Å². The summed E-state index contributed by atoms with van der Waals surface area (Å²) in [5.41, 5.74) is 0.749. The van der Waals surface area contributed by atoms with Crippen LogP contribution in [0.2, 0.25) is 0 Å². The van der Waals surface area contributed by atoms with Crippen molar-refractivity contribution in [3.8, 4) is 0 Å². The highest BCUT2D eigenvalue weighted by molar-refractivity contribution is 7.91. The first kappa shape index (κ1) is 22.2. The lowest BCUT2D eigenvalue weighted by Gasteiger charge is -2.31. The third kappa shape index (κ3) is 6.53. The first-order chi connectivity index (χ1) is 14.3. The maximum Gasteiger partial charge on any atom is 0.320 e. The van der Waals surface area contributed by atoms with Crippen molar-refractivity contribution in [1.82, 2.24) is 9.80 Å². The highest BCUT2D eigenvalue weighted by Gasteiger charge is 2.28. The van der Waals surface area contributed by atoms with Crippen LogP contribution in [0.5, 0.6) is 0 Å². The molecule has 2 fully saturated rings. The van der Waals surface area contributed by atoms with Gasteiger partial charge in [0.25, 0.3) is 5.91 Å². The van der Waals surface area contributed by atoms with E-state index in [0.717, 1.165) is 5.69 Å². The molecule has 0 aromatic heterocycles. The van der Waals surface area contributed by atoms with Gasteiger partial charge in [-0.25, -0.2) is 8.42 Å². The highest BCUT2D eigenvalue weighted by Crippen LogP contribution is 2.19. The monoisotopic (exact) mass is 437 g/mol. The van der Waals surface area contributed by atoms with Crippen LogP contribution in [0.1, 0.15) is 12.8 Å². The van der Waals surface area contributed by atoms with Crippen molar-refractivity contribution >= 4 is 33.3 Å². The number of sulfone groups is 1. The highest BCUT2D eigenvalue weighted by atomic mass is 32.2. The van der Waals surface area contributed by atoms with Crippen LogP contribution in [0.15, 0.2) is 30.3 Å². The number of benzene rings is 1. The van der Waals surface area contributed by atoms with Gasteiger partial charge in [-0.2, -0.15) is 0 Å². The number of esters is 1. The molecule has 30 heavy (non-hydrogen) atoms. The fourth-order valence-corrected chi connectivity index (χ4v) is 4.80. The van der Waals surface area contributed by atoms with Crippen molar-refractivity contribution in [2.45, 2.75) is 12.8 Å². The van der Waals surface area contributed by atoms with Crippen LogP contribution in [0.3, 0.4) is 0 Å². The van der Waals surface area contributed by atoms with Gasteiger partial charge in [0.05, 0.1) is 18.1 Å². The van der Waals surface area contributed by atoms with Crippen LogP contribution >= 0.6 is 0 Å². The summed E-state index contributed by atoms with van der Waals surface area (Å²) < 4.78 is 27.9. The van der Waals surface area contributed by atoms with Crippen molar-refractivity contribution in [2.75, 3.05) is 56.2 Å². The molecule has 0 bridgehead atoms. The molecule has 1 aromatic rings. The lowest BCUT2D eigenvalue weighted by Crippen LogP contribution is -2.45. The minimum Gasteiger partial charge on any atom is -0.455 e. The number of para-hydroxylation sites is 1. The quantitative estimate of drug-likeness (QED) is 0.630. The zero-order valence-corrected chi connectivity index (χ0v) is 17.6. The first-order valence-corrected chi connectivity index (χ1v) is 11.9. The van der Waals surface area contributed by atoms with E-state index in [1.165, 1.54) is 0 Å². The minimum absolute atomic E-state index is 0.0233. The molecular formula is C20H27N3O6S. The molecule has 1 aromatic carbocycles. The molecule has 2 aliphatic rings. The molecule has 0 atom stereocenters. The molecule has 2 aliphatic heterocycles. The average Bonchev–Trinajstić information content (AvgIpc) is 2.74. The number of nitrogens with one attached hydrogen (secondary N) is 1. The summed E-state index contributed by atoms with van der Waals surface area (Å²) in [6.45, 7) is 1.10. The zero-order valence-electron chi connectivity index (χ0n) is 16.8. The van der Waals surface area contributed by atoms with Gasteiger partial charge in [0.15, 0.2) is 16.4 Å². The molecular weight excluding hydrogens is 410 g/mol. The van der Waals surface area contributed by atoms with Gasteiger partial charge in [0.1, 0.15) is 0 Å². The predicted molar refractivity (Wildman–Crippen MR) is 110 cm³/mol. The van der Waals surface area contributed by atoms with Crippen LogP contribution in [-0.2, 0) is 29.0 Å². The van der Waals surface area contributed by atoms with Gasteiger partial charge in [0, 0.05) is 37.8 Å². The minimum atomic E-state index is -3.00. The maximum atomic E-state index is 12.4. The van der Waals surface area contributed by atoms with Gasteiger partial charge in [-0.3, -0.25) is 19.3 Å². The molecule has 0 unspecified atom stereocenters. The molecule has 3 rings (SSSR count). The Bertz CT molecular complexity index is 852. The number of carbonyl (C=O) groups excluding carboxylic acids is 3. The summed E-state index contributed by atoms with van der Waals surface area (Å²) in [6, 6.07) is 9.24. The topological polar surface area (TPSA) is 113 Å². The van der Waals surface area contributed by atoms with Gasteiger partial charge in [-0.05, 0) is 25.0 Å². The number of nitrogens with zero attached hydrogens (tertiary/aromatic N) is 2. The van der Waals surface area contributed by atoms with Gasteiger partial charge >= 0.3 is 5.97 Å². The molecule has 0 radical (unpaired) electrons. The van der Waals surface area contributed by atoms with Crippen molar-refractivity contribution in [1.29, 1.82) is 0 Å². The Morgan fingerprint density at radius 1 is 1.00 bits per heavy atom. The van der Waals surface area contributed by atoms with E-state index < -0.39 is 15.8 Å². The summed E-state index contributed by atoms with van der Waals surface area (Å²) in [7, 11) is -3.00. The number of hydrogen-bond acceptors (Lipinski definition) is 7. The molecule has 164 valence electrons. The van der Waals surface area contributed by atoms with Gasteiger partial charge in [-0.15, -0.1) is 0 Å². The molecule has 2 amide bonds. The molecule has 2 saturated heterocycles. The lowest BCUT2D eigenvalue weighted by atomic mass is 9.95. The van der Waals surface area contributed by atoms with Crippen LogP contribution in [-0.4, -0.2) is 86.8 Å². The average molecular weight is 438 g/mol. The maximum absolute atomic E-state index is 12.4. The predicted octanol–water partition coefficient (Wildman–Crippen LogP) is 0.137. The van der Waals surface area contributed by atoms with Crippen LogP contribution in [0.25, 0.3) is 0 Å². The fourth-order valence-electron chi connectivity index (χ4n) is 3.53. The van der Waals surface area contributed by atoms with Crippen LogP contribution < -0.4 is 5.32 Å². The van der Waals surface area contributed by atoms with E-state index in [-0.39, 0.29) is 42.4 Å².